The van der Waals surface area contributed by atoms with Gasteiger partial charge in [0.15, 0.2) is 5.82 Å². The fourth-order valence-corrected chi connectivity index (χ4v) is 4.37. The van der Waals surface area contributed by atoms with Crippen molar-refractivity contribution >= 4 is 17.6 Å². The second kappa shape index (κ2) is 12.3. The number of hydrogen-bond acceptors (Lipinski definition) is 6. The Bertz CT molecular complexity index is 1180. The number of ether oxygens (including phenoxy) is 1. The molecule has 8 heteroatoms. The molecule has 2 aromatic carbocycles. The fraction of sp³-hybridized carbons (Fsp3) is 0.379. The highest BCUT2D eigenvalue weighted by molar-refractivity contribution is 5.96. The number of aromatic nitrogens is 2. The zero-order valence-corrected chi connectivity index (χ0v) is 21.8. The van der Waals surface area contributed by atoms with Gasteiger partial charge in [-0.05, 0) is 42.3 Å². The molecule has 1 unspecified atom stereocenters. The third-order valence-corrected chi connectivity index (χ3v) is 6.84. The van der Waals surface area contributed by atoms with Crippen molar-refractivity contribution in [3.8, 4) is 17.0 Å². The summed E-state index contributed by atoms with van der Waals surface area (Å²) >= 11 is 0. The van der Waals surface area contributed by atoms with Gasteiger partial charge in [0, 0.05) is 43.9 Å². The van der Waals surface area contributed by atoms with Crippen molar-refractivity contribution in [2.45, 2.75) is 20.3 Å². The summed E-state index contributed by atoms with van der Waals surface area (Å²) in [4.78, 5) is 32.0. The minimum atomic E-state index is -0.0979. The molecule has 2 amide bonds. The third-order valence-electron chi connectivity index (χ3n) is 6.84. The van der Waals surface area contributed by atoms with Gasteiger partial charge in [-0.2, -0.15) is 0 Å². The first kappa shape index (κ1) is 26.1. The first-order valence-corrected chi connectivity index (χ1v) is 12.8. The van der Waals surface area contributed by atoms with Crippen molar-refractivity contribution in [1.82, 2.24) is 20.0 Å². The molecule has 1 fully saturated rings. The molecule has 2 heterocycles. The van der Waals surface area contributed by atoms with Crippen molar-refractivity contribution in [3.05, 3.63) is 72.3 Å². The Morgan fingerprint density at radius 3 is 2.38 bits per heavy atom. The van der Waals surface area contributed by atoms with Gasteiger partial charge >= 0.3 is 0 Å². The average Bonchev–Trinajstić information content (AvgIpc) is 2.97. The molecule has 1 aliphatic rings. The molecule has 0 aliphatic carbocycles. The van der Waals surface area contributed by atoms with Gasteiger partial charge in [0.25, 0.3) is 5.91 Å². The van der Waals surface area contributed by atoms with Crippen LogP contribution in [0.15, 0.2) is 66.7 Å². The topological polar surface area (TPSA) is 78.9 Å². The van der Waals surface area contributed by atoms with Gasteiger partial charge in [-0.25, -0.2) is 0 Å². The SMILES string of the molecule is CCC(C)CN(CC(=O)N1CCN(c2ccc(-c3cccc(OC)c3)nn2)CC1)C(=O)c1ccccc1. The number of carbonyl (C=O) groups is 2. The lowest BCUT2D eigenvalue weighted by Gasteiger charge is -2.36. The van der Waals surface area contributed by atoms with Gasteiger partial charge in [-0.3, -0.25) is 9.59 Å². The highest BCUT2D eigenvalue weighted by Gasteiger charge is 2.26. The van der Waals surface area contributed by atoms with Crippen LogP contribution in [0, 0.1) is 5.92 Å². The first-order valence-electron chi connectivity index (χ1n) is 12.8. The molecule has 0 N–H and O–H groups in total. The Hall–Kier alpha value is -3.94. The van der Waals surface area contributed by atoms with E-state index >= 15 is 0 Å². The average molecular weight is 502 g/mol. The van der Waals surface area contributed by atoms with Crippen molar-refractivity contribution in [1.29, 1.82) is 0 Å². The monoisotopic (exact) mass is 501 g/mol. The van der Waals surface area contributed by atoms with Crippen LogP contribution in [0.1, 0.15) is 30.6 Å². The van der Waals surface area contributed by atoms with Crippen LogP contribution < -0.4 is 9.64 Å². The summed E-state index contributed by atoms with van der Waals surface area (Å²) in [7, 11) is 1.64. The number of nitrogens with zero attached hydrogens (tertiary/aromatic N) is 5. The molecule has 0 radical (unpaired) electrons. The van der Waals surface area contributed by atoms with E-state index in [9.17, 15) is 9.59 Å². The quantitative estimate of drug-likeness (QED) is 0.441. The molecule has 1 saturated heterocycles. The predicted octanol–water partition coefficient (Wildman–Crippen LogP) is 3.99. The van der Waals surface area contributed by atoms with Crippen LogP contribution in [-0.4, -0.2) is 78.2 Å². The molecule has 1 aromatic heterocycles. The van der Waals surface area contributed by atoms with Crippen LogP contribution in [0.2, 0.25) is 0 Å². The summed E-state index contributed by atoms with van der Waals surface area (Å²) in [5, 5.41) is 8.84. The maximum absolute atomic E-state index is 13.2. The first-order chi connectivity index (χ1) is 18.0. The van der Waals surface area contributed by atoms with Gasteiger partial charge in [0.1, 0.15) is 12.3 Å². The second-order valence-electron chi connectivity index (χ2n) is 9.44. The largest absolute Gasteiger partial charge is 0.497 e. The van der Waals surface area contributed by atoms with Crippen LogP contribution in [0.5, 0.6) is 5.75 Å². The van der Waals surface area contributed by atoms with Gasteiger partial charge in [0.2, 0.25) is 5.91 Å². The minimum absolute atomic E-state index is 0.0216. The van der Waals surface area contributed by atoms with Crippen LogP contribution in [-0.2, 0) is 4.79 Å². The van der Waals surface area contributed by atoms with Gasteiger partial charge in [-0.1, -0.05) is 50.6 Å². The molecule has 0 saturated carbocycles. The lowest BCUT2D eigenvalue weighted by atomic mass is 10.1. The zero-order chi connectivity index (χ0) is 26.2. The van der Waals surface area contributed by atoms with Crippen molar-refractivity contribution in [2.75, 3.05) is 51.3 Å². The molecule has 37 heavy (non-hydrogen) atoms. The number of benzene rings is 2. The fourth-order valence-electron chi connectivity index (χ4n) is 4.37. The van der Waals surface area contributed by atoms with E-state index < -0.39 is 0 Å². The zero-order valence-electron chi connectivity index (χ0n) is 21.8. The van der Waals surface area contributed by atoms with E-state index in [-0.39, 0.29) is 18.4 Å². The predicted molar refractivity (Wildman–Crippen MR) is 145 cm³/mol. The van der Waals surface area contributed by atoms with E-state index in [2.05, 4.69) is 28.9 Å². The Kier molecular flexibility index (Phi) is 8.72. The van der Waals surface area contributed by atoms with E-state index in [0.717, 1.165) is 29.2 Å². The lowest BCUT2D eigenvalue weighted by Crippen LogP contribution is -2.52. The van der Waals surface area contributed by atoms with Crippen LogP contribution in [0.4, 0.5) is 5.82 Å². The molecule has 1 aliphatic heterocycles. The van der Waals surface area contributed by atoms with E-state index in [1.54, 1.807) is 24.1 Å². The maximum atomic E-state index is 13.2. The normalized spacial score (nSPS) is 14.2. The second-order valence-corrected chi connectivity index (χ2v) is 9.44. The number of hydrogen-bond donors (Lipinski definition) is 0. The number of anilines is 1. The van der Waals surface area contributed by atoms with E-state index in [0.29, 0.717) is 44.2 Å². The number of piperazine rings is 1. The summed E-state index contributed by atoms with van der Waals surface area (Å²) in [5.41, 5.74) is 2.33. The van der Waals surface area contributed by atoms with Gasteiger partial charge in [-0.15, -0.1) is 10.2 Å². The van der Waals surface area contributed by atoms with Gasteiger partial charge < -0.3 is 19.4 Å². The summed E-state index contributed by atoms with van der Waals surface area (Å²) in [6, 6.07) is 20.8. The van der Waals surface area contributed by atoms with Crippen LogP contribution in [0.3, 0.4) is 0 Å². The number of amides is 2. The van der Waals surface area contributed by atoms with Crippen molar-refractivity contribution < 1.29 is 14.3 Å². The number of methoxy groups -OCH3 is 1. The molecule has 8 nitrogen and oxygen atoms in total. The molecule has 4 rings (SSSR count). The van der Waals surface area contributed by atoms with E-state index in [1.807, 2.05) is 59.5 Å². The highest BCUT2D eigenvalue weighted by Crippen LogP contribution is 2.23. The van der Waals surface area contributed by atoms with Crippen LogP contribution in [0.25, 0.3) is 11.3 Å². The summed E-state index contributed by atoms with van der Waals surface area (Å²) in [5.74, 6) is 1.76. The third kappa shape index (κ3) is 6.64. The number of rotatable bonds is 9. The molecule has 0 bridgehead atoms. The molecular formula is C29H35N5O3. The molecular weight excluding hydrogens is 466 g/mol. The van der Waals surface area contributed by atoms with Gasteiger partial charge in [0.05, 0.1) is 12.8 Å². The summed E-state index contributed by atoms with van der Waals surface area (Å²) in [6.45, 7) is 7.34. The van der Waals surface area contributed by atoms with E-state index in [4.69, 9.17) is 4.74 Å². The maximum Gasteiger partial charge on any atom is 0.254 e. The van der Waals surface area contributed by atoms with Crippen molar-refractivity contribution in [2.24, 2.45) is 5.92 Å². The molecule has 3 aromatic rings. The lowest BCUT2D eigenvalue weighted by molar-refractivity contribution is -0.132. The Morgan fingerprint density at radius 2 is 1.73 bits per heavy atom. The minimum Gasteiger partial charge on any atom is -0.497 e. The standard InChI is InChI=1S/C29H35N5O3/c1-4-22(2)20-34(29(36)23-9-6-5-7-10-23)21-28(35)33-17-15-32(16-18-33)27-14-13-26(30-31-27)24-11-8-12-25(19-24)37-3/h5-14,19,22H,4,15-18,20-21H2,1-3H3. The van der Waals surface area contributed by atoms with E-state index in [1.165, 1.54) is 0 Å². The Morgan fingerprint density at radius 1 is 0.973 bits per heavy atom. The molecule has 1 atom stereocenters. The van der Waals surface area contributed by atoms with Crippen molar-refractivity contribution in [3.63, 3.8) is 0 Å². The highest BCUT2D eigenvalue weighted by atomic mass is 16.5. The smallest absolute Gasteiger partial charge is 0.254 e. The summed E-state index contributed by atoms with van der Waals surface area (Å²) < 4.78 is 5.30. The van der Waals surface area contributed by atoms with Crippen LogP contribution >= 0.6 is 0 Å². The summed E-state index contributed by atoms with van der Waals surface area (Å²) in [6.07, 6.45) is 0.947. The molecule has 0 spiro atoms. The Labute approximate surface area is 218 Å². The Balaban J connectivity index is 1.35. The molecule has 194 valence electrons. The number of carbonyl (C=O) groups excluding carboxylic acids is 2.